The number of carbonyl (C=O) groups is 2. The van der Waals surface area contributed by atoms with Crippen LogP contribution in [0.5, 0.6) is 0 Å². The van der Waals surface area contributed by atoms with Crippen molar-refractivity contribution in [2.75, 3.05) is 5.32 Å². The van der Waals surface area contributed by atoms with E-state index >= 15 is 0 Å². The van der Waals surface area contributed by atoms with Crippen molar-refractivity contribution in [3.8, 4) is 0 Å². The third kappa shape index (κ3) is 3.14. The lowest BCUT2D eigenvalue weighted by molar-refractivity contribution is -0.123. The molecule has 124 valence electrons. The minimum atomic E-state index is -0.630. The molecule has 2 bridgehead atoms. The minimum absolute atomic E-state index is 0.0178. The molecule has 5 atom stereocenters. The van der Waals surface area contributed by atoms with Crippen LogP contribution in [0.1, 0.15) is 19.8 Å². The normalized spacial score (nSPS) is 32.0. The summed E-state index contributed by atoms with van der Waals surface area (Å²) in [6.45, 7) is 1.52. The number of amides is 1. The van der Waals surface area contributed by atoms with Crippen molar-refractivity contribution < 1.29 is 14.0 Å². The van der Waals surface area contributed by atoms with Gasteiger partial charge in [0.2, 0.25) is 11.2 Å². The van der Waals surface area contributed by atoms with E-state index in [-0.39, 0.29) is 39.3 Å². The van der Waals surface area contributed by atoms with Crippen LogP contribution in [0, 0.1) is 23.6 Å². The van der Waals surface area contributed by atoms with E-state index in [1.807, 2.05) is 0 Å². The molecular formula is C14H16ClFN4O2S. The summed E-state index contributed by atoms with van der Waals surface area (Å²) < 4.78 is 13.8. The summed E-state index contributed by atoms with van der Waals surface area (Å²) in [5.74, 6) is -1.39. The molecule has 2 aliphatic carbocycles. The summed E-state index contributed by atoms with van der Waals surface area (Å²) in [6, 6.07) is -0.304. The van der Waals surface area contributed by atoms with Gasteiger partial charge in [0, 0.05) is 18.2 Å². The number of anilines is 1. The number of rotatable bonds is 4. The standard InChI is InChI=1S/C14H16ClFN4O2S/c1-5(21)23-9-3-6-2-7(9)10(12(17)22)11(6)19-13-8(16)4-18-14(15)20-13/h4,6-7,9-11H,2-3H2,1H3,(H2,17,22)(H,18,19,20)/t6-,7+,9+,10+,11-/m1/s1. The number of nitrogens with two attached hydrogens (primary N) is 1. The Morgan fingerprint density at radius 3 is 2.87 bits per heavy atom. The Morgan fingerprint density at radius 2 is 2.22 bits per heavy atom. The predicted octanol–water partition coefficient (Wildman–Crippen LogP) is 1.84. The number of halogens is 2. The molecule has 6 nitrogen and oxygen atoms in total. The first-order chi connectivity index (χ1) is 10.9. The molecule has 1 aromatic heterocycles. The molecule has 3 rings (SSSR count). The van der Waals surface area contributed by atoms with Crippen LogP contribution in [-0.4, -0.2) is 32.3 Å². The lowest BCUT2D eigenvalue weighted by atomic mass is 9.83. The van der Waals surface area contributed by atoms with Crippen molar-refractivity contribution >= 4 is 40.2 Å². The fraction of sp³-hybridized carbons (Fsp3) is 0.571. The number of hydrogen-bond donors (Lipinski definition) is 2. The first-order valence-corrected chi connectivity index (χ1v) is 8.53. The first kappa shape index (κ1) is 16.4. The molecule has 2 aliphatic rings. The number of carbonyl (C=O) groups excluding carboxylic acids is 2. The molecule has 0 saturated heterocycles. The molecule has 0 radical (unpaired) electrons. The minimum Gasteiger partial charge on any atom is -0.369 e. The lowest BCUT2D eigenvalue weighted by Crippen LogP contribution is -2.46. The highest BCUT2D eigenvalue weighted by atomic mass is 35.5. The molecule has 23 heavy (non-hydrogen) atoms. The van der Waals surface area contributed by atoms with E-state index in [2.05, 4.69) is 15.3 Å². The number of nitrogens with one attached hydrogen (secondary N) is 1. The van der Waals surface area contributed by atoms with Gasteiger partial charge in [0.15, 0.2) is 16.8 Å². The van der Waals surface area contributed by atoms with Crippen LogP contribution in [-0.2, 0) is 9.59 Å². The van der Waals surface area contributed by atoms with Crippen LogP contribution in [0.25, 0.3) is 0 Å². The molecule has 3 N–H and O–H groups in total. The van der Waals surface area contributed by atoms with Crippen molar-refractivity contribution in [3.05, 3.63) is 17.3 Å². The van der Waals surface area contributed by atoms with Gasteiger partial charge in [-0.25, -0.2) is 9.37 Å². The van der Waals surface area contributed by atoms with E-state index in [0.717, 1.165) is 19.0 Å². The molecule has 1 heterocycles. The van der Waals surface area contributed by atoms with Gasteiger partial charge in [-0.3, -0.25) is 9.59 Å². The highest BCUT2D eigenvalue weighted by Gasteiger charge is 2.55. The third-order valence-electron chi connectivity index (χ3n) is 4.61. The molecule has 0 spiro atoms. The number of aromatic nitrogens is 2. The maximum absolute atomic E-state index is 13.8. The fourth-order valence-corrected chi connectivity index (χ4v) is 5.21. The van der Waals surface area contributed by atoms with E-state index in [1.165, 1.54) is 18.7 Å². The Morgan fingerprint density at radius 1 is 1.48 bits per heavy atom. The Hall–Kier alpha value is -1.41. The maximum atomic E-state index is 13.8. The fourth-order valence-electron chi connectivity index (χ4n) is 3.85. The summed E-state index contributed by atoms with van der Waals surface area (Å²) in [6.07, 6.45) is 2.56. The first-order valence-electron chi connectivity index (χ1n) is 7.28. The van der Waals surface area contributed by atoms with Crippen LogP contribution >= 0.6 is 23.4 Å². The summed E-state index contributed by atoms with van der Waals surface area (Å²) in [5.41, 5.74) is 5.56. The van der Waals surface area contributed by atoms with Gasteiger partial charge in [-0.1, -0.05) is 11.8 Å². The largest absolute Gasteiger partial charge is 0.369 e. The second-order valence-electron chi connectivity index (χ2n) is 5.98. The zero-order valence-electron chi connectivity index (χ0n) is 12.3. The highest BCUT2D eigenvalue weighted by molar-refractivity contribution is 8.14. The van der Waals surface area contributed by atoms with Gasteiger partial charge in [-0.05, 0) is 36.3 Å². The second-order valence-corrected chi connectivity index (χ2v) is 7.73. The van der Waals surface area contributed by atoms with E-state index in [9.17, 15) is 14.0 Å². The monoisotopic (exact) mass is 358 g/mol. The van der Waals surface area contributed by atoms with Crippen LogP contribution < -0.4 is 11.1 Å². The Labute approximate surface area is 141 Å². The lowest BCUT2D eigenvalue weighted by Gasteiger charge is -2.34. The zero-order valence-corrected chi connectivity index (χ0v) is 13.9. The zero-order chi connectivity index (χ0) is 16.7. The van der Waals surface area contributed by atoms with Crippen molar-refractivity contribution in [3.63, 3.8) is 0 Å². The molecule has 0 unspecified atom stereocenters. The van der Waals surface area contributed by atoms with Gasteiger partial charge in [0.1, 0.15) is 0 Å². The van der Waals surface area contributed by atoms with Crippen LogP contribution in [0.3, 0.4) is 0 Å². The Bertz CT molecular complexity index is 660. The number of primary amides is 1. The van der Waals surface area contributed by atoms with Crippen molar-refractivity contribution in [2.24, 2.45) is 23.5 Å². The molecule has 9 heteroatoms. The van der Waals surface area contributed by atoms with Gasteiger partial charge in [-0.2, -0.15) is 4.98 Å². The summed E-state index contributed by atoms with van der Waals surface area (Å²) >= 11 is 6.96. The molecule has 0 aromatic carbocycles. The van der Waals surface area contributed by atoms with Gasteiger partial charge in [-0.15, -0.1) is 0 Å². The third-order valence-corrected chi connectivity index (χ3v) is 5.97. The quantitative estimate of drug-likeness (QED) is 0.797. The number of fused-ring (bicyclic) bond motifs is 2. The van der Waals surface area contributed by atoms with Gasteiger partial charge in [0.05, 0.1) is 12.1 Å². The molecule has 1 aromatic rings. The second kappa shape index (κ2) is 6.24. The molecule has 1 amide bonds. The smallest absolute Gasteiger partial charge is 0.224 e. The summed E-state index contributed by atoms with van der Waals surface area (Å²) in [4.78, 5) is 30.7. The average molecular weight is 359 g/mol. The summed E-state index contributed by atoms with van der Waals surface area (Å²) in [7, 11) is 0. The van der Waals surface area contributed by atoms with E-state index in [4.69, 9.17) is 17.3 Å². The summed E-state index contributed by atoms with van der Waals surface area (Å²) in [5, 5.41) is 3.03. The van der Waals surface area contributed by atoms with Crippen molar-refractivity contribution in [2.45, 2.75) is 31.1 Å². The Kier molecular flexibility index (Phi) is 4.46. The maximum Gasteiger partial charge on any atom is 0.224 e. The molecule has 0 aliphatic heterocycles. The van der Waals surface area contributed by atoms with E-state index in [0.29, 0.717) is 0 Å². The average Bonchev–Trinajstić information content (AvgIpc) is 2.99. The van der Waals surface area contributed by atoms with Crippen LogP contribution in [0.2, 0.25) is 5.28 Å². The van der Waals surface area contributed by atoms with Crippen molar-refractivity contribution in [1.29, 1.82) is 0 Å². The SMILES string of the molecule is CC(=O)S[C@H]1C[C@H]2C[C@@H]1[C@H](C(N)=O)[C@@H]2Nc1nc(Cl)ncc1F. The molecule has 2 fully saturated rings. The van der Waals surface area contributed by atoms with Gasteiger partial charge >= 0.3 is 0 Å². The number of hydrogen-bond acceptors (Lipinski definition) is 6. The van der Waals surface area contributed by atoms with Gasteiger partial charge in [0.25, 0.3) is 0 Å². The van der Waals surface area contributed by atoms with E-state index < -0.39 is 17.6 Å². The highest BCUT2D eigenvalue weighted by Crippen LogP contribution is 2.53. The topological polar surface area (TPSA) is 98.0 Å². The predicted molar refractivity (Wildman–Crippen MR) is 85.4 cm³/mol. The molecular weight excluding hydrogens is 343 g/mol. The molecule has 2 saturated carbocycles. The Balaban J connectivity index is 1.82. The van der Waals surface area contributed by atoms with Crippen molar-refractivity contribution in [1.82, 2.24) is 9.97 Å². The van der Waals surface area contributed by atoms with Crippen LogP contribution in [0.15, 0.2) is 6.20 Å². The number of thioether (sulfide) groups is 1. The van der Waals surface area contributed by atoms with Gasteiger partial charge < -0.3 is 11.1 Å². The number of nitrogens with zero attached hydrogens (tertiary/aromatic N) is 2. The van der Waals surface area contributed by atoms with Crippen LogP contribution in [0.4, 0.5) is 10.2 Å². The van der Waals surface area contributed by atoms with E-state index in [1.54, 1.807) is 0 Å².